The summed E-state index contributed by atoms with van der Waals surface area (Å²) in [5, 5.41) is 8.63. The van der Waals surface area contributed by atoms with E-state index in [0.717, 1.165) is 18.5 Å². The van der Waals surface area contributed by atoms with Crippen LogP contribution in [0.2, 0.25) is 0 Å². The molecule has 0 saturated carbocycles. The molecular weight excluding hydrogens is 264 g/mol. The van der Waals surface area contributed by atoms with Crippen molar-refractivity contribution in [1.82, 2.24) is 15.0 Å². The summed E-state index contributed by atoms with van der Waals surface area (Å²) in [5.74, 6) is -0.798. The lowest BCUT2D eigenvalue weighted by atomic mass is 10.1. The standard InChI is InChI=1S/C11H4F4N4/c12-8-3-17-6(2-16)1-7(8)9-4-19-10(5-18-9)11(13,14)15/h1,3-5H. The lowest BCUT2D eigenvalue weighted by Crippen LogP contribution is -2.08. The Labute approximate surface area is 104 Å². The number of hydrogen-bond acceptors (Lipinski definition) is 4. The highest BCUT2D eigenvalue weighted by Crippen LogP contribution is 2.28. The Hall–Kier alpha value is -2.56. The zero-order valence-corrected chi connectivity index (χ0v) is 9.11. The first-order valence-corrected chi connectivity index (χ1v) is 4.87. The summed E-state index contributed by atoms with van der Waals surface area (Å²) in [4.78, 5) is 10.1. The van der Waals surface area contributed by atoms with E-state index in [2.05, 4.69) is 15.0 Å². The molecule has 0 aliphatic rings. The molecule has 0 radical (unpaired) electrons. The smallest absolute Gasteiger partial charge is 0.252 e. The molecule has 96 valence electrons. The topological polar surface area (TPSA) is 62.5 Å². The maximum atomic E-state index is 13.5. The Kier molecular flexibility index (Phi) is 3.12. The van der Waals surface area contributed by atoms with Crippen LogP contribution in [-0.2, 0) is 6.18 Å². The minimum atomic E-state index is -4.61. The summed E-state index contributed by atoms with van der Waals surface area (Å²) in [5.41, 5.74) is -1.48. The van der Waals surface area contributed by atoms with Crippen LogP contribution in [0.15, 0.2) is 24.7 Å². The molecule has 0 fully saturated rings. The molecular formula is C11H4F4N4. The quantitative estimate of drug-likeness (QED) is 0.746. The highest BCUT2D eigenvalue weighted by atomic mass is 19.4. The molecule has 0 spiro atoms. The van der Waals surface area contributed by atoms with E-state index < -0.39 is 17.7 Å². The zero-order valence-electron chi connectivity index (χ0n) is 9.11. The van der Waals surface area contributed by atoms with Gasteiger partial charge in [0.1, 0.15) is 11.8 Å². The molecule has 19 heavy (non-hydrogen) atoms. The first-order chi connectivity index (χ1) is 8.91. The molecule has 2 rings (SSSR count). The van der Waals surface area contributed by atoms with Crippen LogP contribution in [0.5, 0.6) is 0 Å². The Balaban J connectivity index is 2.46. The first-order valence-electron chi connectivity index (χ1n) is 4.87. The monoisotopic (exact) mass is 268 g/mol. The van der Waals surface area contributed by atoms with Crippen molar-refractivity contribution in [1.29, 1.82) is 5.26 Å². The normalized spacial score (nSPS) is 11.1. The summed E-state index contributed by atoms with van der Waals surface area (Å²) < 4.78 is 50.3. The SMILES string of the molecule is N#Cc1cc(-c2cnc(C(F)(F)F)cn2)c(F)cn1. The van der Waals surface area contributed by atoms with E-state index in [9.17, 15) is 17.6 Å². The molecule has 4 nitrogen and oxygen atoms in total. The molecule has 0 aromatic carbocycles. The third-order valence-corrected chi connectivity index (χ3v) is 2.19. The van der Waals surface area contributed by atoms with Crippen molar-refractivity contribution < 1.29 is 17.6 Å². The number of pyridine rings is 1. The highest BCUT2D eigenvalue weighted by molar-refractivity contribution is 5.59. The van der Waals surface area contributed by atoms with E-state index in [4.69, 9.17) is 5.26 Å². The van der Waals surface area contributed by atoms with Gasteiger partial charge in [-0.05, 0) is 6.07 Å². The number of hydrogen-bond donors (Lipinski definition) is 0. The van der Waals surface area contributed by atoms with Gasteiger partial charge in [0, 0.05) is 5.56 Å². The number of nitrogens with zero attached hydrogens (tertiary/aromatic N) is 4. The lowest BCUT2D eigenvalue weighted by molar-refractivity contribution is -0.141. The Bertz CT molecular complexity index is 643. The van der Waals surface area contributed by atoms with Gasteiger partial charge in [-0.1, -0.05) is 0 Å². The number of nitriles is 1. The molecule has 0 unspecified atom stereocenters. The van der Waals surface area contributed by atoms with Crippen molar-refractivity contribution in [3.63, 3.8) is 0 Å². The third kappa shape index (κ3) is 2.65. The third-order valence-electron chi connectivity index (χ3n) is 2.19. The molecule has 0 atom stereocenters. The minimum Gasteiger partial charge on any atom is -0.252 e. The largest absolute Gasteiger partial charge is 0.434 e. The Morgan fingerprint density at radius 3 is 2.32 bits per heavy atom. The van der Waals surface area contributed by atoms with Gasteiger partial charge < -0.3 is 0 Å². The Morgan fingerprint density at radius 2 is 1.79 bits per heavy atom. The van der Waals surface area contributed by atoms with Crippen molar-refractivity contribution in [2.45, 2.75) is 6.18 Å². The Morgan fingerprint density at radius 1 is 1.05 bits per heavy atom. The van der Waals surface area contributed by atoms with Gasteiger partial charge in [0.2, 0.25) is 0 Å². The second-order valence-electron chi connectivity index (χ2n) is 3.45. The van der Waals surface area contributed by atoms with Gasteiger partial charge >= 0.3 is 6.18 Å². The molecule has 2 aromatic heterocycles. The van der Waals surface area contributed by atoms with E-state index in [0.29, 0.717) is 6.20 Å². The second-order valence-corrected chi connectivity index (χ2v) is 3.45. The van der Waals surface area contributed by atoms with Crippen LogP contribution < -0.4 is 0 Å². The fraction of sp³-hybridized carbons (Fsp3) is 0.0909. The van der Waals surface area contributed by atoms with E-state index >= 15 is 0 Å². The van der Waals surface area contributed by atoms with Crippen molar-refractivity contribution >= 4 is 0 Å². The van der Waals surface area contributed by atoms with E-state index in [1.165, 1.54) is 0 Å². The molecule has 0 aliphatic heterocycles. The number of alkyl halides is 3. The fourth-order valence-corrected chi connectivity index (χ4v) is 1.31. The van der Waals surface area contributed by atoms with Crippen molar-refractivity contribution in [3.05, 3.63) is 41.9 Å². The van der Waals surface area contributed by atoms with Crippen LogP contribution >= 0.6 is 0 Å². The fourth-order valence-electron chi connectivity index (χ4n) is 1.31. The summed E-state index contributed by atoms with van der Waals surface area (Å²) in [7, 11) is 0. The van der Waals surface area contributed by atoms with Crippen LogP contribution in [0.1, 0.15) is 11.4 Å². The number of halogens is 4. The van der Waals surface area contributed by atoms with Gasteiger partial charge in [-0.25, -0.2) is 14.4 Å². The summed E-state index contributed by atoms with van der Waals surface area (Å²) >= 11 is 0. The lowest BCUT2D eigenvalue weighted by Gasteiger charge is -2.06. The molecule has 0 aliphatic carbocycles. The second kappa shape index (κ2) is 4.61. The summed E-state index contributed by atoms with van der Waals surface area (Å²) in [6.07, 6.45) is -2.52. The van der Waals surface area contributed by atoms with Gasteiger partial charge in [-0.15, -0.1) is 0 Å². The van der Waals surface area contributed by atoms with Crippen LogP contribution in [0.3, 0.4) is 0 Å². The van der Waals surface area contributed by atoms with Crippen LogP contribution in [-0.4, -0.2) is 15.0 Å². The van der Waals surface area contributed by atoms with Gasteiger partial charge in [0.15, 0.2) is 11.5 Å². The van der Waals surface area contributed by atoms with Gasteiger partial charge in [-0.2, -0.15) is 18.4 Å². The van der Waals surface area contributed by atoms with E-state index in [1.807, 2.05) is 0 Å². The summed E-state index contributed by atoms with van der Waals surface area (Å²) in [6.45, 7) is 0. The predicted octanol–water partition coefficient (Wildman–Crippen LogP) is 2.57. The molecule has 0 bridgehead atoms. The first kappa shape index (κ1) is 12.9. The van der Waals surface area contributed by atoms with Crippen molar-refractivity contribution in [3.8, 4) is 17.3 Å². The average Bonchev–Trinajstić information content (AvgIpc) is 2.38. The van der Waals surface area contributed by atoms with Crippen LogP contribution in [0, 0.1) is 17.1 Å². The maximum absolute atomic E-state index is 13.5. The van der Waals surface area contributed by atoms with E-state index in [1.54, 1.807) is 6.07 Å². The van der Waals surface area contributed by atoms with E-state index in [-0.39, 0.29) is 17.0 Å². The van der Waals surface area contributed by atoms with Gasteiger partial charge in [-0.3, -0.25) is 4.98 Å². The van der Waals surface area contributed by atoms with Crippen LogP contribution in [0.25, 0.3) is 11.3 Å². The van der Waals surface area contributed by atoms with Gasteiger partial charge in [0.25, 0.3) is 0 Å². The van der Waals surface area contributed by atoms with Crippen molar-refractivity contribution in [2.24, 2.45) is 0 Å². The van der Waals surface area contributed by atoms with Crippen LogP contribution in [0.4, 0.5) is 17.6 Å². The number of rotatable bonds is 1. The molecule has 2 aromatic rings. The molecule has 0 N–H and O–H groups in total. The maximum Gasteiger partial charge on any atom is 0.434 e. The molecule has 0 amide bonds. The van der Waals surface area contributed by atoms with Gasteiger partial charge in [0.05, 0.1) is 24.3 Å². The molecule has 2 heterocycles. The predicted molar refractivity (Wildman–Crippen MR) is 54.9 cm³/mol. The molecule has 0 saturated heterocycles. The average molecular weight is 268 g/mol. The number of aromatic nitrogens is 3. The van der Waals surface area contributed by atoms with Crippen molar-refractivity contribution in [2.75, 3.05) is 0 Å². The molecule has 8 heteroatoms. The summed E-state index contributed by atoms with van der Waals surface area (Å²) in [6, 6.07) is 2.78. The minimum absolute atomic E-state index is 0.0712. The zero-order chi connectivity index (χ0) is 14.0. The highest BCUT2D eigenvalue weighted by Gasteiger charge is 2.32.